The van der Waals surface area contributed by atoms with Crippen molar-refractivity contribution in [3.8, 4) is 0 Å². The summed E-state index contributed by atoms with van der Waals surface area (Å²) in [6.45, 7) is 6.83. The number of piperazine rings is 1. The highest BCUT2D eigenvalue weighted by Crippen LogP contribution is 2.26. The second kappa shape index (κ2) is 13.5. The van der Waals surface area contributed by atoms with Crippen LogP contribution >= 0.6 is 24.8 Å². The first-order valence-electron chi connectivity index (χ1n) is 10.8. The van der Waals surface area contributed by atoms with Gasteiger partial charge in [-0.15, -0.1) is 24.8 Å². The van der Waals surface area contributed by atoms with Crippen molar-refractivity contribution in [3.63, 3.8) is 0 Å². The number of hydrazine groups is 1. The Morgan fingerprint density at radius 2 is 1.53 bits per heavy atom. The number of rotatable bonds is 5. The van der Waals surface area contributed by atoms with Crippen LogP contribution in [0.3, 0.4) is 0 Å². The summed E-state index contributed by atoms with van der Waals surface area (Å²) in [4.78, 5) is 38.4. The van der Waals surface area contributed by atoms with Crippen LogP contribution in [0.4, 0.5) is 0 Å². The van der Waals surface area contributed by atoms with E-state index in [9.17, 15) is 14.4 Å². The molecule has 1 aliphatic carbocycles. The van der Waals surface area contributed by atoms with Crippen LogP contribution in [0.15, 0.2) is 0 Å². The van der Waals surface area contributed by atoms with Gasteiger partial charge in [-0.3, -0.25) is 24.3 Å². The van der Waals surface area contributed by atoms with Crippen LogP contribution in [-0.2, 0) is 19.1 Å². The number of piperidine rings is 1. The third-order valence-electron chi connectivity index (χ3n) is 6.15. The Labute approximate surface area is 191 Å². The van der Waals surface area contributed by atoms with Crippen LogP contribution in [-0.4, -0.2) is 84.1 Å². The van der Waals surface area contributed by atoms with Crippen LogP contribution in [0.2, 0.25) is 0 Å². The SMILES string of the molecule is CC(=O)OC(=O)CC(=O)N(C1CCCCC1)N1CCN(C2CCNCC2)CC1.Cl.Cl. The van der Waals surface area contributed by atoms with E-state index in [2.05, 4.69) is 20.0 Å². The first-order valence-corrected chi connectivity index (χ1v) is 10.8. The van der Waals surface area contributed by atoms with E-state index in [-0.39, 0.29) is 43.2 Å². The van der Waals surface area contributed by atoms with Crippen molar-refractivity contribution in [2.75, 3.05) is 39.3 Å². The van der Waals surface area contributed by atoms with Gasteiger partial charge >= 0.3 is 11.9 Å². The van der Waals surface area contributed by atoms with Crippen LogP contribution in [0.1, 0.15) is 58.3 Å². The van der Waals surface area contributed by atoms with Crippen molar-refractivity contribution < 1.29 is 19.1 Å². The molecule has 8 nitrogen and oxygen atoms in total. The van der Waals surface area contributed by atoms with Crippen LogP contribution in [0, 0.1) is 0 Å². The zero-order valence-electron chi connectivity index (χ0n) is 17.8. The van der Waals surface area contributed by atoms with E-state index in [4.69, 9.17) is 0 Å². The van der Waals surface area contributed by atoms with Crippen LogP contribution in [0.5, 0.6) is 0 Å². The van der Waals surface area contributed by atoms with E-state index < -0.39 is 11.9 Å². The van der Waals surface area contributed by atoms with E-state index in [1.165, 1.54) is 26.2 Å². The molecule has 1 amide bonds. The lowest BCUT2D eigenvalue weighted by molar-refractivity contribution is -0.169. The number of hydrogen-bond acceptors (Lipinski definition) is 7. The van der Waals surface area contributed by atoms with Crippen molar-refractivity contribution >= 4 is 42.7 Å². The smallest absolute Gasteiger partial charge is 0.323 e. The number of halogens is 2. The highest BCUT2D eigenvalue weighted by atomic mass is 35.5. The molecule has 0 radical (unpaired) electrons. The Kier molecular flexibility index (Phi) is 12.2. The normalized spacial score (nSPS) is 21.8. The van der Waals surface area contributed by atoms with Crippen LogP contribution in [0.25, 0.3) is 0 Å². The summed E-state index contributed by atoms with van der Waals surface area (Å²) in [5, 5.41) is 7.38. The number of amides is 1. The Hall–Kier alpha value is -0.930. The third-order valence-corrected chi connectivity index (χ3v) is 6.15. The molecule has 1 saturated carbocycles. The predicted octanol–water partition coefficient (Wildman–Crippen LogP) is 1.76. The van der Waals surface area contributed by atoms with Gasteiger partial charge in [-0.1, -0.05) is 19.3 Å². The van der Waals surface area contributed by atoms with Crippen molar-refractivity contribution in [1.29, 1.82) is 0 Å². The minimum Gasteiger partial charge on any atom is -0.393 e. The summed E-state index contributed by atoms with van der Waals surface area (Å²) in [5.41, 5.74) is 0. The summed E-state index contributed by atoms with van der Waals surface area (Å²) in [6.07, 6.45) is 7.37. The molecule has 2 saturated heterocycles. The molecule has 1 N–H and O–H groups in total. The number of carbonyl (C=O) groups is 3. The van der Waals surface area contributed by atoms with E-state index in [0.29, 0.717) is 6.04 Å². The monoisotopic (exact) mass is 466 g/mol. The van der Waals surface area contributed by atoms with Gasteiger partial charge in [0.1, 0.15) is 6.42 Å². The number of ether oxygens (including phenoxy) is 1. The number of carbonyl (C=O) groups excluding carboxylic acids is 3. The fourth-order valence-electron chi connectivity index (χ4n) is 4.78. The van der Waals surface area contributed by atoms with E-state index >= 15 is 0 Å². The lowest BCUT2D eigenvalue weighted by atomic mass is 9.94. The molecule has 3 fully saturated rings. The molecular weight excluding hydrogens is 431 g/mol. The molecule has 0 spiro atoms. The van der Waals surface area contributed by atoms with Gasteiger partial charge in [0, 0.05) is 45.2 Å². The van der Waals surface area contributed by atoms with Gasteiger partial charge in [0.25, 0.3) is 0 Å². The topological polar surface area (TPSA) is 82.2 Å². The van der Waals surface area contributed by atoms with Crippen molar-refractivity contribution in [1.82, 2.24) is 20.2 Å². The van der Waals surface area contributed by atoms with Gasteiger partial charge in [0.2, 0.25) is 5.91 Å². The maximum atomic E-state index is 13.0. The number of nitrogens with one attached hydrogen (secondary N) is 1. The van der Waals surface area contributed by atoms with Gasteiger partial charge in [-0.25, -0.2) is 5.01 Å². The number of hydrogen-bond donors (Lipinski definition) is 1. The minimum atomic E-state index is -0.758. The minimum absolute atomic E-state index is 0. The molecule has 0 aromatic carbocycles. The fraction of sp³-hybridized carbons (Fsp3) is 0.850. The summed E-state index contributed by atoms with van der Waals surface area (Å²) in [6, 6.07) is 0.782. The van der Waals surface area contributed by atoms with Crippen molar-refractivity contribution in [2.45, 2.75) is 70.4 Å². The number of esters is 2. The summed E-state index contributed by atoms with van der Waals surface area (Å²) < 4.78 is 4.58. The first-order chi connectivity index (χ1) is 13.5. The Balaban J connectivity index is 0.00000225. The molecule has 3 rings (SSSR count). The van der Waals surface area contributed by atoms with E-state index in [1.807, 2.05) is 5.01 Å². The van der Waals surface area contributed by atoms with Crippen molar-refractivity contribution in [2.24, 2.45) is 0 Å². The summed E-state index contributed by atoms with van der Waals surface area (Å²) >= 11 is 0. The maximum Gasteiger partial charge on any atom is 0.323 e. The zero-order chi connectivity index (χ0) is 19.9. The quantitative estimate of drug-likeness (QED) is 0.488. The first kappa shape index (κ1) is 27.1. The van der Waals surface area contributed by atoms with Gasteiger partial charge in [0.05, 0.1) is 0 Å². The molecular formula is C20H36Cl2N4O4. The van der Waals surface area contributed by atoms with Crippen LogP contribution < -0.4 is 5.32 Å². The highest BCUT2D eigenvalue weighted by molar-refractivity contribution is 5.97. The molecule has 0 unspecified atom stereocenters. The standard InChI is InChI=1S/C20H34N4O4.2ClH/c1-16(25)28-20(27)15-19(26)24(18-5-3-2-4-6-18)23-13-11-22(12-14-23)17-7-9-21-10-8-17;;/h17-18,21H,2-15H2,1H3;2*1H. The van der Waals surface area contributed by atoms with Gasteiger partial charge < -0.3 is 10.1 Å². The second-order valence-electron chi connectivity index (χ2n) is 8.14. The third kappa shape index (κ3) is 7.64. The van der Waals surface area contributed by atoms with Gasteiger partial charge in [0.15, 0.2) is 0 Å². The molecule has 30 heavy (non-hydrogen) atoms. The molecule has 2 heterocycles. The predicted molar refractivity (Wildman–Crippen MR) is 119 cm³/mol. The Morgan fingerprint density at radius 3 is 2.10 bits per heavy atom. The molecule has 0 bridgehead atoms. The molecule has 3 aliphatic rings. The van der Waals surface area contributed by atoms with E-state index in [1.54, 1.807) is 0 Å². The summed E-state index contributed by atoms with van der Waals surface area (Å²) in [7, 11) is 0. The Bertz CT molecular complexity index is 561. The molecule has 0 aromatic heterocycles. The average Bonchev–Trinajstić information content (AvgIpc) is 2.69. The largest absolute Gasteiger partial charge is 0.393 e. The van der Waals surface area contributed by atoms with Gasteiger partial charge in [-0.2, -0.15) is 0 Å². The lowest BCUT2D eigenvalue weighted by Crippen LogP contribution is -2.61. The molecule has 174 valence electrons. The highest BCUT2D eigenvalue weighted by Gasteiger charge is 2.35. The average molecular weight is 467 g/mol. The Morgan fingerprint density at radius 1 is 0.933 bits per heavy atom. The second-order valence-corrected chi connectivity index (χ2v) is 8.14. The summed E-state index contributed by atoms with van der Waals surface area (Å²) in [5.74, 6) is -1.67. The maximum absolute atomic E-state index is 13.0. The van der Waals surface area contributed by atoms with E-state index in [0.717, 1.165) is 65.0 Å². The number of nitrogens with zero attached hydrogens (tertiary/aromatic N) is 3. The van der Waals surface area contributed by atoms with Gasteiger partial charge in [-0.05, 0) is 38.8 Å². The lowest BCUT2D eigenvalue weighted by Gasteiger charge is -2.47. The fourth-order valence-corrected chi connectivity index (χ4v) is 4.78. The zero-order valence-corrected chi connectivity index (χ0v) is 19.5. The molecule has 0 atom stereocenters. The molecule has 10 heteroatoms. The molecule has 2 aliphatic heterocycles. The van der Waals surface area contributed by atoms with Crippen molar-refractivity contribution in [3.05, 3.63) is 0 Å². The molecule has 0 aromatic rings.